The third kappa shape index (κ3) is 4.43. The number of H-pyrrole nitrogens is 1. The van der Waals surface area contributed by atoms with Crippen LogP contribution in [-0.2, 0) is 9.53 Å². The standard InChI is InChI=1S/C15H18Cl3N3O3/c1-7-4-2-3-5-8(7)20-9(22)6-24-15(23)13-10(16)12(19)11(17)14(18)21-13/h7-8H,2-6H2,1H3,(H2,19,21)(H,20,22)/p+1/t7-,8+/m0/s1. The van der Waals surface area contributed by atoms with Gasteiger partial charge in [-0.2, -0.15) is 4.98 Å². The first kappa shape index (κ1) is 19.1. The van der Waals surface area contributed by atoms with E-state index in [0.29, 0.717) is 5.92 Å². The number of amides is 1. The largest absolute Gasteiger partial charge is 0.448 e. The number of rotatable bonds is 4. The van der Waals surface area contributed by atoms with Crippen molar-refractivity contribution in [3.63, 3.8) is 0 Å². The number of carbonyl (C=O) groups is 2. The number of carbonyl (C=O) groups excluding carboxylic acids is 2. The summed E-state index contributed by atoms with van der Waals surface area (Å²) in [6.07, 6.45) is 4.28. The Morgan fingerprint density at radius 1 is 1.25 bits per heavy atom. The van der Waals surface area contributed by atoms with Crippen molar-refractivity contribution < 1.29 is 19.3 Å². The Balaban J connectivity index is 1.94. The molecule has 6 nitrogen and oxygen atoms in total. The zero-order chi connectivity index (χ0) is 17.9. The fourth-order valence-electron chi connectivity index (χ4n) is 2.69. The first-order valence-corrected chi connectivity index (χ1v) is 8.76. The number of nitrogens with two attached hydrogens (primary N) is 1. The molecule has 9 heteroatoms. The van der Waals surface area contributed by atoms with Crippen molar-refractivity contribution in [2.75, 3.05) is 12.3 Å². The van der Waals surface area contributed by atoms with Gasteiger partial charge >= 0.3 is 11.7 Å². The molecule has 0 bridgehead atoms. The molecule has 0 aliphatic heterocycles. The van der Waals surface area contributed by atoms with Crippen molar-refractivity contribution in [2.45, 2.75) is 38.6 Å². The normalized spacial score (nSPS) is 20.5. The van der Waals surface area contributed by atoms with Gasteiger partial charge in [0, 0.05) is 6.04 Å². The predicted molar refractivity (Wildman–Crippen MR) is 92.3 cm³/mol. The number of anilines is 1. The molecule has 1 aliphatic carbocycles. The minimum absolute atomic E-state index is 0.0160. The lowest BCUT2D eigenvalue weighted by Gasteiger charge is -2.29. The van der Waals surface area contributed by atoms with Crippen LogP contribution in [0.25, 0.3) is 0 Å². The van der Waals surface area contributed by atoms with Crippen LogP contribution in [0.1, 0.15) is 43.1 Å². The van der Waals surface area contributed by atoms with E-state index < -0.39 is 12.6 Å². The first-order chi connectivity index (χ1) is 11.3. The second-order valence-electron chi connectivity index (χ2n) is 5.87. The molecule has 1 aromatic heterocycles. The summed E-state index contributed by atoms with van der Waals surface area (Å²) in [5.74, 6) is -0.778. The van der Waals surface area contributed by atoms with Crippen LogP contribution in [0, 0.1) is 5.92 Å². The van der Waals surface area contributed by atoms with Crippen LogP contribution >= 0.6 is 34.8 Å². The summed E-state index contributed by atoms with van der Waals surface area (Å²) >= 11 is 17.6. The average molecular weight is 396 g/mol. The average Bonchev–Trinajstić information content (AvgIpc) is 2.56. The van der Waals surface area contributed by atoms with Crippen LogP contribution < -0.4 is 16.0 Å². The Labute approximate surface area is 155 Å². The fraction of sp³-hybridized carbons (Fsp3) is 0.533. The Bertz CT molecular complexity index is 655. The molecule has 2 atom stereocenters. The van der Waals surface area contributed by atoms with E-state index in [1.807, 2.05) is 0 Å². The third-order valence-corrected chi connectivity index (χ3v) is 5.28. The summed E-state index contributed by atoms with van der Waals surface area (Å²) < 4.78 is 4.97. The van der Waals surface area contributed by atoms with E-state index in [-0.39, 0.29) is 38.5 Å². The van der Waals surface area contributed by atoms with Crippen molar-refractivity contribution in [1.29, 1.82) is 0 Å². The smallest absolute Gasteiger partial charge is 0.405 e. The Morgan fingerprint density at radius 3 is 2.58 bits per heavy atom. The van der Waals surface area contributed by atoms with E-state index in [9.17, 15) is 9.59 Å². The molecular formula is C15H19Cl3N3O3+. The molecule has 1 amide bonds. The van der Waals surface area contributed by atoms with Gasteiger partial charge in [0.05, 0.1) is 5.69 Å². The zero-order valence-corrected chi connectivity index (χ0v) is 15.4. The SMILES string of the molecule is C[C@H]1CCCC[C@H]1NC(=O)COC(=O)c1[nH+]c(Cl)c(Cl)c(N)c1Cl. The van der Waals surface area contributed by atoms with Gasteiger partial charge in [0.2, 0.25) is 0 Å². The number of esters is 1. The molecule has 1 heterocycles. The van der Waals surface area contributed by atoms with Gasteiger partial charge < -0.3 is 15.8 Å². The molecule has 0 aromatic carbocycles. The van der Waals surface area contributed by atoms with Crippen LogP contribution in [0.15, 0.2) is 0 Å². The van der Waals surface area contributed by atoms with Crippen molar-refractivity contribution in [3.8, 4) is 0 Å². The lowest BCUT2D eigenvalue weighted by molar-refractivity contribution is -0.380. The highest BCUT2D eigenvalue weighted by Crippen LogP contribution is 2.32. The zero-order valence-electron chi connectivity index (χ0n) is 13.1. The molecular weight excluding hydrogens is 377 g/mol. The number of aromatic nitrogens is 1. The van der Waals surface area contributed by atoms with Crippen LogP contribution in [0.5, 0.6) is 0 Å². The lowest BCUT2D eigenvalue weighted by atomic mass is 9.86. The molecule has 4 N–H and O–H groups in total. The summed E-state index contributed by atoms with van der Waals surface area (Å²) in [4.78, 5) is 26.5. The molecule has 0 spiro atoms. The van der Waals surface area contributed by atoms with Gasteiger partial charge in [-0.05, 0) is 30.4 Å². The van der Waals surface area contributed by atoms with Crippen LogP contribution in [0.2, 0.25) is 15.2 Å². The van der Waals surface area contributed by atoms with Crippen molar-refractivity contribution in [3.05, 3.63) is 20.9 Å². The highest BCUT2D eigenvalue weighted by molar-refractivity contribution is 6.45. The number of hydrogen-bond acceptors (Lipinski definition) is 4. The fourth-order valence-corrected chi connectivity index (χ4v) is 3.30. The van der Waals surface area contributed by atoms with Gasteiger partial charge in [-0.25, -0.2) is 4.79 Å². The molecule has 1 aliphatic rings. The minimum Gasteiger partial charge on any atom is -0.448 e. The highest BCUT2D eigenvalue weighted by atomic mass is 35.5. The number of nitrogen functional groups attached to an aromatic ring is 1. The van der Waals surface area contributed by atoms with E-state index in [1.54, 1.807) is 0 Å². The molecule has 132 valence electrons. The van der Waals surface area contributed by atoms with E-state index >= 15 is 0 Å². The number of nitrogens with one attached hydrogen (secondary N) is 2. The molecule has 0 radical (unpaired) electrons. The Hall–Kier alpha value is -1.24. The monoisotopic (exact) mass is 394 g/mol. The van der Waals surface area contributed by atoms with Crippen molar-refractivity contribution >= 4 is 52.4 Å². The Morgan fingerprint density at radius 2 is 1.92 bits per heavy atom. The van der Waals surface area contributed by atoms with E-state index in [0.717, 1.165) is 19.3 Å². The van der Waals surface area contributed by atoms with Gasteiger partial charge in [0.15, 0.2) is 6.61 Å². The maximum absolute atomic E-state index is 12.1. The molecule has 0 unspecified atom stereocenters. The topological polar surface area (TPSA) is 95.6 Å². The summed E-state index contributed by atoms with van der Waals surface area (Å²) in [5, 5.41) is 2.77. The summed E-state index contributed by atoms with van der Waals surface area (Å²) in [6, 6.07) is 0.112. The van der Waals surface area contributed by atoms with E-state index in [2.05, 4.69) is 17.2 Å². The number of halogens is 3. The van der Waals surface area contributed by atoms with Gasteiger partial charge in [-0.15, -0.1) is 0 Å². The van der Waals surface area contributed by atoms with Crippen LogP contribution in [0.3, 0.4) is 0 Å². The number of ether oxygens (including phenoxy) is 1. The van der Waals surface area contributed by atoms with Gasteiger partial charge in [0.1, 0.15) is 10.0 Å². The van der Waals surface area contributed by atoms with Crippen molar-refractivity contribution in [2.24, 2.45) is 5.92 Å². The van der Waals surface area contributed by atoms with Crippen LogP contribution in [-0.4, -0.2) is 24.5 Å². The highest BCUT2D eigenvalue weighted by Gasteiger charge is 2.28. The molecule has 2 rings (SSSR count). The van der Waals surface area contributed by atoms with E-state index in [4.69, 9.17) is 45.3 Å². The number of pyridine rings is 1. The van der Waals surface area contributed by atoms with Gasteiger partial charge in [0.25, 0.3) is 11.1 Å². The molecule has 1 aromatic rings. The Kier molecular flexibility index (Phi) is 6.54. The molecule has 24 heavy (non-hydrogen) atoms. The maximum Gasteiger partial charge on any atom is 0.405 e. The summed E-state index contributed by atoms with van der Waals surface area (Å²) in [7, 11) is 0. The quantitative estimate of drug-likeness (QED) is 0.605. The molecule has 0 saturated heterocycles. The van der Waals surface area contributed by atoms with E-state index in [1.165, 1.54) is 6.42 Å². The second-order valence-corrected chi connectivity index (χ2v) is 7.00. The summed E-state index contributed by atoms with van der Waals surface area (Å²) in [6.45, 7) is 1.69. The van der Waals surface area contributed by atoms with Crippen LogP contribution in [0.4, 0.5) is 5.69 Å². The van der Waals surface area contributed by atoms with Gasteiger partial charge in [-0.3, -0.25) is 4.79 Å². The second kappa shape index (κ2) is 8.23. The van der Waals surface area contributed by atoms with Gasteiger partial charge in [-0.1, -0.05) is 43.0 Å². The molecule has 1 fully saturated rings. The summed E-state index contributed by atoms with van der Waals surface area (Å²) in [5.41, 5.74) is 5.48. The number of hydrogen-bond donors (Lipinski definition) is 2. The maximum atomic E-state index is 12.1. The predicted octanol–water partition coefficient (Wildman–Crippen LogP) is 2.89. The number of aromatic amines is 1. The lowest BCUT2D eigenvalue weighted by Crippen LogP contribution is -2.43. The third-order valence-electron chi connectivity index (χ3n) is 4.12. The molecule has 1 saturated carbocycles. The van der Waals surface area contributed by atoms with Crippen molar-refractivity contribution in [1.82, 2.24) is 5.32 Å². The minimum atomic E-state index is -0.836. The first-order valence-electron chi connectivity index (χ1n) is 7.63.